The lowest BCUT2D eigenvalue weighted by atomic mass is 10.1. The first kappa shape index (κ1) is 20.9. The normalized spacial score (nSPS) is 11.2. The molecule has 0 radical (unpaired) electrons. The van der Waals surface area contributed by atoms with Crippen molar-refractivity contribution in [3.63, 3.8) is 0 Å². The quantitative estimate of drug-likeness (QED) is 0.526. The van der Waals surface area contributed by atoms with Gasteiger partial charge in [-0.1, -0.05) is 26.0 Å². The lowest BCUT2D eigenvalue weighted by Crippen LogP contribution is -2.31. The predicted octanol–water partition coefficient (Wildman–Crippen LogP) is 1.48. The van der Waals surface area contributed by atoms with Gasteiger partial charge in [0.05, 0.1) is 10.5 Å². The zero-order valence-electron chi connectivity index (χ0n) is 14.7. The number of hydrogen-bond donors (Lipinski definition) is 1. The molecule has 7 nitrogen and oxygen atoms in total. The lowest BCUT2D eigenvalue weighted by Gasteiger charge is -2.20. The Hall–Kier alpha value is -2.19. The van der Waals surface area contributed by atoms with Crippen LogP contribution >= 0.6 is 0 Å². The van der Waals surface area contributed by atoms with E-state index in [-0.39, 0.29) is 17.0 Å². The van der Waals surface area contributed by atoms with E-state index < -0.39 is 28.5 Å². The molecule has 0 fully saturated rings. The molecule has 1 N–H and O–H groups in total. The van der Waals surface area contributed by atoms with Crippen LogP contribution in [-0.4, -0.2) is 50.8 Å². The number of amides is 1. The van der Waals surface area contributed by atoms with E-state index in [2.05, 4.69) is 11.9 Å². The third-order valence-electron chi connectivity index (χ3n) is 3.53. The van der Waals surface area contributed by atoms with Crippen LogP contribution in [0.1, 0.15) is 29.8 Å². The van der Waals surface area contributed by atoms with E-state index in [1.54, 1.807) is 26.8 Å². The Kier molecular flexibility index (Phi) is 7.79. The van der Waals surface area contributed by atoms with Gasteiger partial charge in [0.25, 0.3) is 5.91 Å². The van der Waals surface area contributed by atoms with Gasteiger partial charge in [0.1, 0.15) is 0 Å². The molecule has 0 unspecified atom stereocenters. The van der Waals surface area contributed by atoms with Gasteiger partial charge in [0, 0.05) is 19.6 Å². The molecule has 0 aliphatic carbocycles. The number of aryl methyl sites for hydroxylation is 1. The number of sulfonamides is 1. The van der Waals surface area contributed by atoms with E-state index >= 15 is 0 Å². The van der Waals surface area contributed by atoms with E-state index in [9.17, 15) is 18.0 Å². The minimum absolute atomic E-state index is 0.0572. The van der Waals surface area contributed by atoms with Crippen molar-refractivity contribution < 1.29 is 22.7 Å². The SMILES string of the molecule is C=CCNC(=O)COC(=O)c1ccc(C)c(S(=O)(=O)N(CC)CC)c1. The van der Waals surface area contributed by atoms with Gasteiger partial charge in [-0.25, -0.2) is 13.2 Å². The highest BCUT2D eigenvalue weighted by Gasteiger charge is 2.25. The first-order chi connectivity index (χ1) is 11.8. The average molecular weight is 368 g/mol. The van der Waals surface area contributed by atoms with Gasteiger partial charge in [-0.2, -0.15) is 4.31 Å². The molecule has 8 heteroatoms. The summed E-state index contributed by atoms with van der Waals surface area (Å²) in [6.45, 7) is 9.10. The van der Waals surface area contributed by atoms with Crippen molar-refractivity contribution in [3.8, 4) is 0 Å². The van der Waals surface area contributed by atoms with Crippen LogP contribution in [-0.2, 0) is 19.6 Å². The van der Waals surface area contributed by atoms with E-state index in [4.69, 9.17) is 4.74 Å². The number of carbonyl (C=O) groups is 2. The van der Waals surface area contributed by atoms with Gasteiger partial charge in [0.2, 0.25) is 10.0 Å². The molecule has 1 rings (SSSR count). The minimum atomic E-state index is -3.70. The Morgan fingerprint density at radius 1 is 1.28 bits per heavy atom. The molecule has 0 atom stereocenters. The summed E-state index contributed by atoms with van der Waals surface area (Å²) in [7, 11) is -3.70. The Balaban J connectivity index is 2.99. The molecule has 0 heterocycles. The summed E-state index contributed by atoms with van der Waals surface area (Å²) in [5.41, 5.74) is 0.611. The monoisotopic (exact) mass is 368 g/mol. The fourth-order valence-electron chi connectivity index (χ4n) is 2.16. The number of nitrogens with zero attached hydrogens (tertiary/aromatic N) is 1. The average Bonchev–Trinajstić information content (AvgIpc) is 2.58. The van der Waals surface area contributed by atoms with Gasteiger partial charge in [-0.3, -0.25) is 4.79 Å². The van der Waals surface area contributed by atoms with Crippen molar-refractivity contribution in [2.45, 2.75) is 25.7 Å². The molecule has 0 spiro atoms. The van der Waals surface area contributed by atoms with Gasteiger partial charge in [0.15, 0.2) is 6.61 Å². The number of hydrogen-bond acceptors (Lipinski definition) is 5. The van der Waals surface area contributed by atoms with Crippen LogP contribution in [0.5, 0.6) is 0 Å². The second kappa shape index (κ2) is 9.33. The van der Waals surface area contributed by atoms with E-state index in [0.29, 0.717) is 18.7 Å². The predicted molar refractivity (Wildman–Crippen MR) is 94.8 cm³/mol. The topological polar surface area (TPSA) is 92.8 Å². The molecule has 25 heavy (non-hydrogen) atoms. The molecule has 138 valence electrons. The summed E-state index contributed by atoms with van der Waals surface area (Å²) in [5.74, 6) is -1.22. The standard InChI is InChI=1S/C17H24N2O5S/c1-5-10-18-16(20)12-24-17(21)14-9-8-13(4)15(11-14)25(22,23)19(6-2)7-3/h5,8-9,11H,1,6-7,10,12H2,2-4H3,(H,18,20). The summed E-state index contributed by atoms with van der Waals surface area (Å²) in [6.07, 6.45) is 1.50. The van der Waals surface area contributed by atoms with Crippen molar-refractivity contribution in [1.29, 1.82) is 0 Å². The first-order valence-corrected chi connectivity index (χ1v) is 9.37. The van der Waals surface area contributed by atoms with E-state index in [0.717, 1.165) is 0 Å². The second-order valence-corrected chi connectivity index (χ2v) is 7.14. The first-order valence-electron chi connectivity index (χ1n) is 7.93. The highest BCUT2D eigenvalue weighted by atomic mass is 32.2. The molecule has 0 aliphatic heterocycles. The highest BCUT2D eigenvalue weighted by Crippen LogP contribution is 2.21. The van der Waals surface area contributed by atoms with Crippen molar-refractivity contribution in [2.75, 3.05) is 26.2 Å². The van der Waals surface area contributed by atoms with Crippen LogP contribution in [0.15, 0.2) is 35.7 Å². The molecular weight excluding hydrogens is 344 g/mol. The largest absolute Gasteiger partial charge is 0.452 e. The maximum absolute atomic E-state index is 12.7. The fourth-order valence-corrected chi connectivity index (χ4v) is 3.87. The van der Waals surface area contributed by atoms with Crippen LogP contribution in [0.25, 0.3) is 0 Å². The number of benzene rings is 1. The number of rotatable bonds is 9. The number of carbonyl (C=O) groups excluding carboxylic acids is 2. The fraction of sp³-hybridized carbons (Fsp3) is 0.412. The van der Waals surface area contributed by atoms with Gasteiger partial charge >= 0.3 is 5.97 Å². The van der Waals surface area contributed by atoms with Crippen LogP contribution in [0.3, 0.4) is 0 Å². The Labute approximate surface area is 148 Å². The molecule has 1 amide bonds. The van der Waals surface area contributed by atoms with E-state index in [1.807, 2.05) is 0 Å². The molecule has 0 aromatic heterocycles. The van der Waals surface area contributed by atoms with Crippen LogP contribution in [0.4, 0.5) is 0 Å². The molecule has 0 saturated heterocycles. The number of esters is 1. The summed E-state index contributed by atoms with van der Waals surface area (Å²) in [4.78, 5) is 23.6. The Morgan fingerprint density at radius 2 is 1.92 bits per heavy atom. The molecule has 1 aromatic carbocycles. The zero-order chi connectivity index (χ0) is 19.0. The Morgan fingerprint density at radius 3 is 2.48 bits per heavy atom. The molecule has 0 bridgehead atoms. The van der Waals surface area contributed by atoms with Gasteiger partial charge < -0.3 is 10.1 Å². The van der Waals surface area contributed by atoms with Crippen LogP contribution in [0, 0.1) is 6.92 Å². The van der Waals surface area contributed by atoms with E-state index in [1.165, 1.54) is 22.5 Å². The molecule has 1 aromatic rings. The summed E-state index contributed by atoms with van der Waals surface area (Å²) >= 11 is 0. The van der Waals surface area contributed by atoms with Gasteiger partial charge in [-0.05, 0) is 24.6 Å². The number of ether oxygens (including phenoxy) is 1. The summed E-state index contributed by atoms with van der Waals surface area (Å²) < 4.78 is 31.6. The lowest BCUT2D eigenvalue weighted by molar-refractivity contribution is -0.124. The second-order valence-electron chi connectivity index (χ2n) is 5.24. The molecule has 0 saturated carbocycles. The maximum Gasteiger partial charge on any atom is 0.338 e. The summed E-state index contributed by atoms with van der Waals surface area (Å²) in [5, 5.41) is 2.48. The van der Waals surface area contributed by atoms with Crippen molar-refractivity contribution >= 4 is 21.9 Å². The number of nitrogens with one attached hydrogen (secondary N) is 1. The van der Waals surface area contributed by atoms with Crippen LogP contribution < -0.4 is 5.32 Å². The Bertz CT molecular complexity index is 739. The van der Waals surface area contributed by atoms with Crippen molar-refractivity contribution in [1.82, 2.24) is 9.62 Å². The van der Waals surface area contributed by atoms with Crippen LogP contribution in [0.2, 0.25) is 0 Å². The zero-order valence-corrected chi connectivity index (χ0v) is 15.6. The maximum atomic E-state index is 12.7. The third kappa shape index (κ3) is 5.40. The van der Waals surface area contributed by atoms with Crippen molar-refractivity contribution in [3.05, 3.63) is 42.0 Å². The summed E-state index contributed by atoms with van der Waals surface area (Å²) in [6, 6.07) is 4.30. The smallest absolute Gasteiger partial charge is 0.338 e. The van der Waals surface area contributed by atoms with Crippen molar-refractivity contribution in [2.24, 2.45) is 0 Å². The molecular formula is C17H24N2O5S. The van der Waals surface area contributed by atoms with Gasteiger partial charge in [-0.15, -0.1) is 6.58 Å². The third-order valence-corrected chi connectivity index (χ3v) is 5.72. The molecule has 0 aliphatic rings. The highest BCUT2D eigenvalue weighted by molar-refractivity contribution is 7.89. The minimum Gasteiger partial charge on any atom is -0.452 e.